The molecule has 2 heterocycles. The van der Waals surface area contributed by atoms with Crippen LogP contribution < -0.4 is 16.4 Å². The second kappa shape index (κ2) is 19.4. The number of hydrogen-bond donors (Lipinski definition) is 6. The van der Waals surface area contributed by atoms with E-state index in [-0.39, 0.29) is 28.9 Å². The molecule has 4 rings (SSSR count). The fourth-order valence-electron chi connectivity index (χ4n) is 6.38. The largest absolute Gasteiger partial charge is 0.506 e. The zero-order chi connectivity index (χ0) is 39.5. The summed E-state index contributed by atoms with van der Waals surface area (Å²) < 4.78 is 22.1. The number of allylic oxidation sites excluding steroid dienone is 2. The summed E-state index contributed by atoms with van der Waals surface area (Å²) in [5, 5.41) is 39.6. The highest BCUT2D eigenvalue weighted by Gasteiger charge is 2.29. The summed E-state index contributed by atoms with van der Waals surface area (Å²) in [6, 6.07) is 8.27. The molecule has 14 heteroatoms. The predicted molar refractivity (Wildman–Crippen MR) is 205 cm³/mol. The topological polar surface area (TPSA) is 202 Å². The van der Waals surface area contributed by atoms with Crippen LogP contribution in [0.25, 0.3) is 6.08 Å². The van der Waals surface area contributed by atoms with Crippen molar-refractivity contribution in [1.29, 1.82) is 0 Å². The molecule has 0 unspecified atom stereocenters. The van der Waals surface area contributed by atoms with Gasteiger partial charge in [-0.2, -0.15) is 0 Å². The van der Waals surface area contributed by atoms with Crippen molar-refractivity contribution in [3.63, 3.8) is 0 Å². The van der Waals surface area contributed by atoms with Gasteiger partial charge in [-0.05, 0) is 56.5 Å². The van der Waals surface area contributed by atoms with Gasteiger partial charge in [-0.15, -0.1) is 0 Å². The molecular weight excluding hydrogens is 696 g/mol. The summed E-state index contributed by atoms with van der Waals surface area (Å²) in [5.41, 5.74) is 7.95. The average molecular weight is 749 g/mol. The maximum Gasteiger partial charge on any atom is 0.405 e. The van der Waals surface area contributed by atoms with Crippen LogP contribution >= 0.6 is 0 Å². The Balaban J connectivity index is 1.74. The number of rotatable bonds is 7. The van der Waals surface area contributed by atoms with Gasteiger partial charge >= 0.3 is 6.09 Å². The van der Waals surface area contributed by atoms with Crippen molar-refractivity contribution in [2.24, 2.45) is 11.7 Å². The minimum absolute atomic E-state index is 0.0297. The van der Waals surface area contributed by atoms with Crippen molar-refractivity contribution in [1.82, 2.24) is 4.90 Å². The van der Waals surface area contributed by atoms with Gasteiger partial charge in [0.25, 0.3) is 11.8 Å². The van der Waals surface area contributed by atoms with Crippen molar-refractivity contribution >= 4 is 35.4 Å². The van der Waals surface area contributed by atoms with Crippen LogP contribution in [-0.4, -0.2) is 103 Å². The first-order chi connectivity index (χ1) is 25.7. The molecule has 1 fully saturated rings. The van der Waals surface area contributed by atoms with Gasteiger partial charge in [0.2, 0.25) is 0 Å². The van der Waals surface area contributed by atoms with Crippen LogP contribution in [0.5, 0.6) is 11.5 Å². The van der Waals surface area contributed by atoms with Gasteiger partial charge in [-0.25, -0.2) is 4.79 Å². The fourth-order valence-corrected chi connectivity index (χ4v) is 6.38. The molecule has 3 amide bonds. The first-order valence-electron chi connectivity index (χ1n) is 17.7. The molecule has 0 aromatic heterocycles. The van der Waals surface area contributed by atoms with E-state index in [4.69, 9.17) is 24.7 Å². The highest BCUT2D eigenvalue weighted by Crippen LogP contribution is 2.42. The van der Waals surface area contributed by atoms with Crippen LogP contribution in [0, 0.1) is 5.92 Å². The zero-order valence-corrected chi connectivity index (χ0v) is 31.6. The molecule has 14 nitrogen and oxygen atoms in total. The summed E-state index contributed by atoms with van der Waals surface area (Å²) in [4.78, 5) is 40.9. The molecule has 0 spiro atoms. The number of nitrogens with zero attached hydrogens (tertiary/aromatic N) is 1. The summed E-state index contributed by atoms with van der Waals surface area (Å²) >= 11 is 0. The third kappa shape index (κ3) is 11.0. The molecule has 2 aromatic carbocycles. The normalized spacial score (nSPS) is 23.4. The molecule has 2 aliphatic rings. The summed E-state index contributed by atoms with van der Waals surface area (Å²) in [6.07, 6.45) is 3.49. The van der Waals surface area contributed by atoms with E-state index in [0.717, 1.165) is 31.3 Å². The van der Waals surface area contributed by atoms with Crippen LogP contribution in [-0.2, 0) is 30.3 Å². The molecule has 7 N–H and O–H groups in total. The van der Waals surface area contributed by atoms with Gasteiger partial charge in [0, 0.05) is 62.5 Å². The molecule has 0 aliphatic carbocycles. The van der Waals surface area contributed by atoms with Crippen molar-refractivity contribution in [3.05, 3.63) is 88.0 Å². The molecule has 292 valence electrons. The fraction of sp³-hybridized carbons (Fsp3) is 0.425. The number of aliphatic hydroxyl groups is 1. The second-order valence-electron chi connectivity index (χ2n) is 13.6. The van der Waals surface area contributed by atoms with Crippen LogP contribution in [0.15, 0.2) is 71.4 Å². The van der Waals surface area contributed by atoms with Gasteiger partial charge in [0.1, 0.15) is 17.6 Å². The Morgan fingerprint density at radius 1 is 1.07 bits per heavy atom. The average Bonchev–Trinajstić information content (AvgIpc) is 3.14. The Kier molecular flexibility index (Phi) is 15.0. The monoisotopic (exact) mass is 748 g/mol. The Morgan fingerprint density at radius 3 is 2.39 bits per heavy atom. The number of hydrogen-bond acceptors (Lipinski definition) is 11. The molecular formula is C40H52N4O10. The Bertz CT molecular complexity index is 1780. The number of fused-ring (bicyclic) bond motifs is 2. The van der Waals surface area contributed by atoms with Crippen LogP contribution in [0.4, 0.5) is 16.2 Å². The maximum atomic E-state index is 13.5. The lowest BCUT2D eigenvalue weighted by atomic mass is 9.91. The lowest BCUT2D eigenvalue weighted by Crippen LogP contribution is -2.36. The van der Waals surface area contributed by atoms with E-state index >= 15 is 0 Å². The predicted octanol–water partition coefficient (Wildman–Crippen LogP) is 4.87. The van der Waals surface area contributed by atoms with E-state index < -0.39 is 59.7 Å². The van der Waals surface area contributed by atoms with Crippen LogP contribution in [0.1, 0.15) is 55.6 Å². The number of carbonyl (C=O) groups is 3. The van der Waals surface area contributed by atoms with Gasteiger partial charge in [-0.1, -0.05) is 48.9 Å². The number of morpholine rings is 1. The van der Waals surface area contributed by atoms with E-state index in [1.165, 1.54) is 20.3 Å². The van der Waals surface area contributed by atoms with Gasteiger partial charge in [-0.3, -0.25) is 14.5 Å². The van der Waals surface area contributed by atoms with Crippen LogP contribution in [0.3, 0.4) is 0 Å². The van der Waals surface area contributed by atoms with Crippen molar-refractivity contribution < 1.29 is 48.7 Å². The van der Waals surface area contributed by atoms with Gasteiger partial charge in [0.05, 0.1) is 36.8 Å². The number of nitrogens with one attached hydrogen (secondary N) is 2. The van der Waals surface area contributed by atoms with E-state index in [0.29, 0.717) is 29.9 Å². The number of methoxy groups -OCH3 is 2. The SMILES string of the molecule is CO[C@H]1C=CC=C(C)C(=O)Nc2cc(O)c(NC(=O)c3ccc(CN4CCOCC4)cc3)c(c2O)C=C(C)C[C@H](OC)[C@H](O)[C@@H](C)C=C(C)[C@@H]1OC(N)=O. The van der Waals surface area contributed by atoms with E-state index in [1.54, 1.807) is 64.1 Å². The molecule has 54 heavy (non-hydrogen) atoms. The molecule has 5 atom stereocenters. The number of aliphatic hydroxyl groups excluding tert-OH is 1. The first-order valence-corrected chi connectivity index (χ1v) is 17.7. The number of phenols is 2. The highest BCUT2D eigenvalue weighted by atomic mass is 16.6. The van der Waals surface area contributed by atoms with Crippen molar-refractivity contribution in [2.75, 3.05) is 51.2 Å². The molecule has 0 saturated carbocycles. The number of anilines is 2. The number of phenolic OH excluding ortho intramolecular Hbond substituents is 2. The third-order valence-corrected chi connectivity index (χ3v) is 9.46. The number of nitrogens with two attached hydrogens (primary N) is 1. The molecule has 2 aliphatic heterocycles. The number of primary amides is 1. The quantitative estimate of drug-likeness (QED) is 0.128. The first kappa shape index (κ1) is 41.8. The summed E-state index contributed by atoms with van der Waals surface area (Å²) in [6.45, 7) is 10.5. The highest BCUT2D eigenvalue weighted by molar-refractivity contribution is 6.09. The molecule has 1 saturated heterocycles. The van der Waals surface area contributed by atoms with E-state index in [9.17, 15) is 29.7 Å². The summed E-state index contributed by atoms with van der Waals surface area (Å²) in [7, 11) is 2.88. The molecule has 2 aromatic rings. The van der Waals surface area contributed by atoms with Crippen molar-refractivity contribution in [2.45, 2.75) is 65.1 Å². The zero-order valence-electron chi connectivity index (χ0n) is 31.6. The second-order valence-corrected chi connectivity index (χ2v) is 13.6. The number of benzene rings is 2. The van der Waals surface area contributed by atoms with Crippen molar-refractivity contribution in [3.8, 4) is 11.5 Å². The molecule has 2 bridgehead atoms. The number of carbonyl (C=O) groups excluding carboxylic acids is 3. The minimum atomic E-state index is -1.05. The van der Waals surface area contributed by atoms with Crippen LogP contribution in [0.2, 0.25) is 0 Å². The van der Waals surface area contributed by atoms with E-state index in [1.807, 2.05) is 12.1 Å². The lowest BCUT2D eigenvalue weighted by molar-refractivity contribution is -0.112. The number of ether oxygens (including phenoxy) is 4. The van der Waals surface area contributed by atoms with Gasteiger partial charge < -0.3 is 50.6 Å². The Morgan fingerprint density at radius 2 is 1.76 bits per heavy atom. The smallest absolute Gasteiger partial charge is 0.405 e. The third-order valence-electron chi connectivity index (χ3n) is 9.46. The molecule has 0 radical (unpaired) electrons. The van der Waals surface area contributed by atoms with E-state index in [2.05, 4.69) is 15.5 Å². The standard InChI is InChI=1S/C40H52N4O10/c1-23-18-29-34(43-39(49)28-12-10-27(11-13-28)22-44-14-16-53-17-15-44)31(45)21-30(36(29)47)42-38(48)24(2)8-7-9-32(51-5)37(54-40(41)50)26(4)20-25(3)35(46)33(19-23)52-6/h7-13,18,20-21,25,32-33,35,37,45-47H,14-17,19,22H2,1-6H3,(H2,41,50)(H,42,48)(H,43,49)/t25-,32-,33-,35+,37-/m0/s1. The maximum absolute atomic E-state index is 13.5. The number of amides is 3. The van der Waals surface area contributed by atoms with Gasteiger partial charge in [0.15, 0.2) is 6.10 Å². The Labute approximate surface area is 315 Å². The Hall–Kier alpha value is -4.99. The number of aromatic hydroxyl groups is 2. The lowest BCUT2D eigenvalue weighted by Gasteiger charge is -2.28. The summed E-state index contributed by atoms with van der Waals surface area (Å²) in [5.74, 6) is -2.46. The minimum Gasteiger partial charge on any atom is -0.506 e.